The van der Waals surface area contributed by atoms with Gasteiger partial charge in [0.1, 0.15) is 11.8 Å². The van der Waals surface area contributed by atoms with Crippen LogP contribution in [0.4, 0.5) is 0 Å². The van der Waals surface area contributed by atoms with E-state index in [1.165, 1.54) is 0 Å². The molecular formula is C27H35N3O4. The van der Waals surface area contributed by atoms with E-state index in [0.717, 1.165) is 5.56 Å². The SMILES string of the molecule is CCN(CC)C(=O)[C@@H](NC(=O)c1cccc(OC)c1)C1CCN(C(=O)c2cccc(C)c2)CC1. The van der Waals surface area contributed by atoms with Crippen LogP contribution >= 0.6 is 0 Å². The first-order valence-electron chi connectivity index (χ1n) is 12.0. The molecule has 1 aliphatic rings. The number of rotatable bonds is 8. The highest BCUT2D eigenvalue weighted by Crippen LogP contribution is 2.24. The molecule has 34 heavy (non-hydrogen) atoms. The van der Waals surface area contributed by atoms with Crippen molar-refractivity contribution in [2.75, 3.05) is 33.3 Å². The van der Waals surface area contributed by atoms with Crippen molar-refractivity contribution >= 4 is 17.7 Å². The third-order valence-electron chi connectivity index (χ3n) is 6.52. The molecular weight excluding hydrogens is 430 g/mol. The van der Waals surface area contributed by atoms with Gasteiger partial charge in [0.2, 0.25) is 5.91 Å². The average Bonchev–Trinajstić information content (AvgIpc) is 2.87. The van der Waals surface area contributed by atoms with Crippen molar-refractivity contribution in [1.29, 1.82) is 0 Å². The summed E-state index contributed by atoms with van der Waals surface area (Å²) in [4.78, 5) is 43.0. The molecule has 0 aromatic heterocycles. The third-order valence-corrected chi connectivity index (χ3v) is 6.52. The number of amides is 3. The van der Waals surface area contributed by atoms with Crippen molar-refractivity contribution in [1.82, 2.24) is 15.1 Å². The van der Waals surface area contributed by atoms with Gasteiger partial charge in [-0.3, -0.25) is 14.4 Å². The molecule has 1 saturated heterocycles. The highest BCUT2D eigenvalue weighted by atomic mass is 16.5. The second kappa shape index (κ2) is 11.7. The van der Waals surface area contributed by atoms with Gasteiger partial charge in [-0.2, -0.15) is 0 Å². The van der Waals surface area contributed by atoms with E-state index in [9.17, 15) is 14.4 Å². The summed E-state index contributed by atoms with van der Waals surface area (Å²) in [5.41, 5.74) is 2.18. The van der Waals surface area contributed by atoms with Gasteiger partial charge in [0.05, 0.1) is 7.11 Å². The zero-order valence-electron chi connectivity index (χ0n) is 20.5. The molecule has 0 aliphatic carbocycles. The first kappa shape index (κ1) is 25.3. The lowest BCUT2D eigenvalue weighted by Gasteiger charge is -2.37. The molecule has 0 unspecified atom stereocenters. The molecule has 0 bridgehead atoms. The predicted octanol–water partition coefficient (Wildman–Crippen LogP) is 3.52. The summed E-state index contributed by atoms with van der Waals surface area (Å²) < 4.78 is 5.23. The highest BCUT2D eigenvalue weighted by molar-refractivity contribution is 5.98. The summed E-state index contributed by atoms with van der Waals surface area (Å²) in [6.45, 7) is 8.09. The van der Waals surface area contributed by atoms with Crippen LogP contribution in [0, 0.1) is 12.8 Å². The smallest absolute Gasteiger partial charge is 0.253 e. The van der Waals surface area contributed by atoms with Gasteiger partial charge < -0.3 is 19.9 Å². The Bertz CT molecular complexity index is 1010. The number of nitrogens with zero attached hydrogens (tertiary/aromatic N) is 2. The van der Waals surface area contributed by atoms with Crippen molar-refractivity contribution in [3.63, 3.8) is 0 Å². The van der Waals surface area contributed by atoms with Gasteiger partial charge in [-0.15, -0.1) is 0 Å². The lowest BCUT2D eigenvalue weighted by molar-refractivity contribution is -0.134. The number of piperidine rings is 1. The Morgan fingerprint density at radius 2 is 1.68 bits per heavy atom. The maximum atomic E-state index is 13.4. The normalized spacial score (nSPS) is 14.9. The summed E-state index contributed by atoms with van der Waals surface area (Å²) in [5.74, 6) is 0.160. The van der Waals surface area contributed by atoms with Crippen LogP contribution in [0.5, 0.6) is 5.75 Å². The summed E-state index contributed by atoms with van der Waals surface area (Å²) in [7, 11) is 1.55. The number of likely N-dealkylation sites (tertiary alicyclic amines) is 1. The molecule has 0 saturated carbocycles. The summed E-state index contributed by atoms with van der Waals surface area (Å²) >= 11 is 0. The number of carbonyl (C=O) groups excluding carboxylic acids is 3. The molecule has 1 heterocycles. The van der Waals surface area contributed by atoms with E-state index < -0.39 is 6.04 Å². The first-order chi connectivity index (χ1) is 16.4. The molecule has 1 atom stereocenters. The molecule has 1 aliphatic heterocycles. The molecule has 3 amide bonds. The zero-order chi connectivity index (χ0) is 24.7. The van der Waals surface area contributed by atoms with Crippen LogP contribution < -0.4 is 10.1 Å². The highest BCUT2D eigenvalue weighted by Gasteiger charge is 2.35. The van der Waals surface area contributed by atoms with E-state index in [1.54, 1.807) is 36.3 Å². The maximum absolute atomic E-state index is 13.4. The van der Waals surface area contributed by atoms with Crippen LogP contribution in [-0.2, 0) is 4.79 Å². The molecule has 7 heteroatoms. The number of hydrogen-bond donors (Lipinski definition) is 1. The third kappa shape index (κ3) is 5.95. The van der Waals surface area contributed by atoms with Gasteiger partial charge in [-0.25, -0.2) is 0 Å². The van der Waals surface area contributed by atoms with E-state index in [0.29, 0.717) is 55.9 Å². The van der Waals surface area contributed by atoms with Crippen LogP contribution in [0.25, 0.3) is 0 Å². The Morgan fingerprint density at radius 1 is 1.03 bits per heavy atom. The molecule has 0 spiro atoms. The average molecular weight is 466 g/mol. The number of methoxy groups -OCH3 is 1. The van der Waals surface area contributed by atoms with Crippen LogP contribution in [0.2, 0.25) is 0 Å². The second-order valence-electron chi connectivity index (χ2n) is 8.69. The minimum atomic E-state index is -0.644. The van der Waals surface area contributed by atoms with E-state index in [-0.39, 0.29) is 23.6 Å². The van der Waals surface area contributed by atoms with Crippen LogP contribution in [-0.4, -0.2) is 66.9 Å². The molecule has 2 aromatic rings. The lowest BCUT2D eigenvalue weighted by Crippen LogP contribution is -2.54. The van der Waals surface area contributed by atoms with Crippen molar-refractivity contribution in [3.8, 4) is 5.75 Å². The van der Waals surface area contributed by atoms with E-state index in [1.807, 2.05) is 49.9 Å². The standard InChI is InChI=1S/C27H35N3O4/c1-5-29(6-2)27(33)24(28-25(31)21-10-8-12-23(18-21)34-4)20-13-15-30(16-14-20)26(32)22-11-7-9-19(3)17-22/h7-12,17-18,20,24H,5-6,13-16H2,1-4H3,(H,28,31)/t24-/m0/s1. The maximum Gasteiger partial charge on any atom is 0.253 e. The summed E-state index contributed by atoms with van der Waals surface area (Å²) in [6.07, 6.45) is 1.29. The monoisotopic (exact) mass is 465 g/mol. The number of nitrogens with one attached hydrogen (secondary N) is 1. The van der Waals surface area contributed by atoms with Crippen molar-refractivity contribution in [2.45, 2.75) is 39.7 Å². The number of carbonyl (C=O) groups is 3. The number of aryl methyl sites for hydroxylation is 1. The zero-order valence-corrected chi connectivity index (χ0v) is 20.5. The molecule has 182 valence electrons. The molecule has 1 fully saturated rings. The van der Waals surface area contributed by atoms with Crippen molar-refractivity contribution in [2.24, 2.45) is 5.92 Å². The Kier molecular flexibility index (Phi) is 8.68. The fraction of sp³-hybridized carbons (Fsp3) is 0.444. The molecule has 1 N–H and O–H groups in total. The fourth-order valence-electron chi connectivity index (χ4n) is 4.50. The minimum Gasteiger partial charge on any atom is -0.497 e. The van der Waals surface area contributed by atoms with Gasteiger partial charge in [0.25, 0.3) is 11.8 Å². The number of hydrogen-bond acceptors (Lipinski definition) is 4. The van der Waals surface area contributed by atoms with Crippen LogP contribution in [0.3, 0.4) is 0 Å². The minimum absolute atomic E-state index is 0.00851. The van der Waals surface area contributed by atoms with Crippen molar-refractivity contribution < 1.29 is 19.1 Å². The Labute approximate surface area is 202 Å². The molecule has 3 rings (SSSR count). The summed E-state index contributed by atoms with van der Waals surface area (Å²) in [5, 5.41) is 3.00. The molecule has 0 radical (unpaired) electrons. The number of ether oxygens (including phenoxy) is 1. The topological polar surface area (TPSA) is 79.0 Å². The number of benzene rings is 2. The Hall–Kier alpha value is -3.35. The largest absolute Gasteiger partial charge is 0.497 e. The van der Waals surface area contributed by atoms with Gasteiger partial charge in [-0.05, 0) is 69.9 Å². The quantitative estimate of drug-likeness (QED) is 0.647. The van der Waals surface area contributed by atoms with Gasteiger partial charge >= 0.3 is 0 Å². The molecule has 2 aromatic carbocycles. The second-order valence-corrected chi connectivity index (χ2v) is 8.69. The summed E-state index contributed by atoms with van der Waals surface area (Å²) in [6, 6.07) is 13.9. The van der Waals surface area contributed by atoms with E-state index in [4.69, 9.17) is 4.74 Å². The predicted molar refractivity (Wildman–Crippen MR) is 132 cm³/mol. The molecule has 7 nitrogen and oxygen atoms in total. The Morgan fingerprint density at radius 3 is 2.29 bits per heavy atom. The lowest BCUT2D eigenvalue weighted by atomic mass is 9.87. The Balaban J connectivity index is 1.74. The van der Waals surface area contributed by atoms with Crippen molar-refractivity contribution in [3.05, 3.63) is 65.2 Å². The first-order valence-corrected chi connectivity index (χ1v) is 12.0. The van der Waals surface area contributed by atoms with Gasteiger partial charge in [0, 0.05) is 37.3 Å². The fourth-order valence-corrected chi connectivity index (χ4v) is 4.50. The van der Waals surface area contributed by atoms with Gasteiger partial charge in [0.15, 0.2) is 0 Å². The van der Waals surface area contributed by atoms with E-state index in [2.05, 4.69) is 5.32 Å². The van der Waals surface area contributed by atoms with Crippen LogP contribution in [0.1, 0.15) is 53.0 Å². The van der Waals surface area contributed by atoms with Crippen LogP contribution in [0.15, 0.2) is 48.5 Å². The van der Waals surface area contributed by atoms with Gasteiger partial charge in [-0.1, -0.05) is 23.8 Å². The number of likely N-dealkylation sites (N-methyl/N-ethyl adjacent to an activating group) is 1. The van der Waals surface area contributed by atoms with E-state index >= 15 is 0 Å².